The molecular formula is C15H25N5O. The lowest BCUT2D eigenvalue weighted by Crippen LogP contribution is -2.42. The van der Waals surface area contributed by atoms with E-state index in [0.717, 1.165) is 30.9 Å². The van der Waals surface area contributed by atoms with Crippen molar-refractivity contribution in [1.29, 1.82) is 0 Å². The van der Waals surface area contributed by atoms with Crippen molar-refractivity contribution < 1.29 is 4.79 Å². The van der Waals surface area contributed by atoms with E-state index in [-0.39, 0.29) is 12.1 Å². The Morgan fingerprint density at radius 3 is 2.81 bits per heavy atom. The Morgan fingerprint density at radius 1 is 1.48 bits per heavy atom. The third-order valence-electron chi connectivity index (χ3n) is 3.88. The first-order valence-corrected chi connectivity index (χ1v) is 7.37. The van der Waals surface area contributed by atoms with Gasteiger partial charge in [-0.15, -0.1) is 0 Å². The maximum absolute atomic E-state index is 12.0. The van der Waals surface area contributed by atoms with Crippen LogP contribution in [0.25, 0.3) is 0 Å². The van der Waals surface area contributed by atoms with E-state index < -0.39 is 0 Å². The maximum atomic E-state index is 12.0. The van der Waals surface area contributed by atoms with Crippen molar-refractivity contribution in [3.8, 4) is 0 Å². The molecule has 0 spiro atoms. The summed E-state index contributed by atoms with van der Waals surface area (Å²) in [6.07, 6.45) is 3.22. The SMILES string of the molecule is Cc1cc(CNC(=O)NC(C)C2=CCN(C)CC2)n(C)n1. The van der Waals surface area contributed by atoms with Crippen molar-refractivity contribution in [3.05, 3.63) is 29.1 Å². The molecule has 0 bridgehead atoms. The lowest BCUT2D eigenvalue weighted by Gasteiger charge is -2.26. The average molecular weight is 291 g/mol. The summed E-state index contributed by atoms with van der Waals surface area (Å²) < 4.78 is 1.79. The quantitative estimate of drug-likeness (QED) is 0.819. The van der Waals surface area contributed by atoms with Crippen LogP contribution in [0.15, 0.2) is 17.7 Å². The molecule has 116 valence electrons. The van der Waals surface area contributed by atoms with Crippen LogP contribution >= 0.6 is 0 Å². The molecule has 2 heterocycles. The van der Waals surface area contributed by atoms with Gasteiger partial charge in [0.2, 0.25) is 0 Å². The molecule has 0 aromatic carbocycles. The molecule has 1 aromatic rings. The Kier molecular flexibility index (Phi) is 5.01. The summed E-state index contributed by atoms with van der Waals surface area (Å²) in [6.45, 7) is 6.46. The number of hydrogen-bond donors (Lipinski definition) is 2. The number of rotatable bonds is 4. The Bertz CT molecular complexity index is 534. The Labute approximate surface area is 126 Å². The number of nitrogens with one attached hydrogen (secondary N) is 2. The first kappa shape index (κ1) is 15.6. The van der Waals surface area contributed by atoms with Crippen LogP contribution in [0.5, 0.6) is 0 Å². The third-order valence-corrected chi connectivity index (χ3v) is 3.88. The van der Waals surface area contributed by atoms with E-state index in [4.69, 9.17) is 0 Å². The molecule has 21 heavy (non-hydrogen) atoms. The summed E-state index contributed by atoms with van der Waals surface area (Å²) in [4.78, 5) is 14.2. The molecule has 1 aromatic heterocycles. The predicted molar refractivity (Wildman–Crippen MR) is 83.0 cm³/mol. The number of nitrogens with zero attached hydrogens (tertiary/aromatic N) is 3. The molecular weight excluding hydrogens is 266 g/mol. The van der Waals surface area contributed by atoms with Gasteiger partial charge in [-0.05, 0) is 39.0 Å². The number of aromatic nitrogens is 2. The van der Waals surface area contributed by atoms with Crippen molar-refractivity contribution in [2.75, 3.05) is 20.1 Å². The first-order chi connectivity index (χ1) is 9.95. The Balaban J connectivity index is 1.80. The molecule has 2 rings (SSSR count). The standard InChI is InChI=1S/C15H25N5O/c1-11-9-14(20(4)18-11)10-16-15(21)17-12(2)13-5-7-19(3)8-6-13/h5,9,12H,6-8,10H2,1-4H3,(H2,16,17,21). The van der Waals surface area contributed by atoms with Crippen LogP contribution in [-0.2, 0) is 13.6 Å². The van der Waals surface area contributed by atoms with Crippen molar-refractivity contribution in [2.24, 2.45) is 7.05 Å². The Morgan fingerprint density at radius 2 is 2.24 bits per heavy atom. The summed E-state index contributed by atoms with van der Waals surface area (Å²) in [5, 5.41) is 10.1. The fourth-order valence-electron chi connectivity index (χ4n) is 2.52. The lowest BCUT2D eigenvalue weighted by molar-refractivity contribution is 0.238. The second-order valence-electron chi connectivity index (χ2n) is 5.74. The predicted octanol–water partition coefficient (Wildman–Crippen LogP) is 1.18. The first-order valence-electron chi connectivity index (χ1n) is 7.37. The Hall–Kier alpha value is -1.82. The van der Waals surface area contributed by atoms with E-state index in [1.165, 1.54) is 5.57 Å². The number of likely N-dealkylation sites (N-methyl/N-ethyl adjacent to an activating group) is 1. The van der Waals surface area contributed by atoms with E-state index in [9.17, 15) is 4.79 Å². The number of aryl methyl sites for hydroxylation is 2. The zero-order chi connectivity index (χ0) is 15.4. The molecule has 2 N–H and O–H groups in total. The molecule has 0 aliphatic carbocycles. The summed E-state index contributed by atoms with van der Waals surface area (Å²) >= 11 is 0. The molecule has 0 fully saturated rings. The maximum Gasteiger partial charge on any atom is 0.315 e. The van der Waals surface area contributed by atoms with Gasteiger partial charge in [-0.25, -0.2) is 4.79 Å². The normalized spacial score (nSPS) is 17.2. The molecule has 6 heteroatoms. The lowest BCUT2D eigenvalue weighted by atomic mass is 10.0. The number of urea groups is 1. The van der Waals surface area contributed by atoms with E-state index in [1.807, 2.05) is 27.0 Å². The molecule has 1 unspecified atom stereocenters. The van der Waals surface area contributed by atoms with Gasteiger partial charge in [0.1, 0.15) is 0 Å². The highest BCUT2D eigenvalue weighted by Crippen LogP contribution is 2.13. The molecule has 0 saturated heterocycles. The van der Waals surface area contributed by atoms with Gasteiger partial charge in [-0.1, -0.05) is 6.08 Å². The van der Waals surface area contributed by atoms with Crippen LogP contribution in [0.1, 0.15) is 24.7 Å². The van der Waals surface area contributed by atoms with Crippen molar-refractivity contribution in [3.63, 3.8) is 0 Å². The van der Waals surface area contributed by atoms with Crippen molar-refractivity contribution in [1.82, 2.24) is 25.3 Å². The zero-order valence-corrected chi connectivity index (χ0v) is 13.3. The minimum absolute atomic E-state index is 0.0759. The average Bonchev–Trinajstić information content (AvgIpc) is 2.75. The highest BCUT2D eigenvalue weighted by molar-refractivity contribution is 5.74. The summed E-state index contributed by atoms with van der Waals surface area (Å²) in [6, 6.07) is 1.91. The number of amides is 2. The molecule has 0 radical (unpaired) electrons. The van der Waals surface area contributed by atoms with Crippen molar-refractivity contribution >= 4 is 6.03 Å². The van der Waals surface area contributed by atoms with Gasteiger partial charge in [-0.3, -0.25) is 4.68 Å². The van der Waals surface area contributed by atoms with Gasteiger partial charge < -0.3 is 15.5 Å². The van der Waals surface area contributed by atoms with Crippen LogP contribution in [0.2, 0.25) is 0 Å². The molecule has 6 nitrogen and oxygen atoms in total. The van der Waals surface area contributed by atoms with Gasteiger partial charge in [0, 0.05) is 26.2 Å². The van der Waals surface area contributed by atoms with Gasteiger partial charge in [0.25, 0.3) is 0 Å². The molecule has 2 amide bonds. The smallest absolute Gasteiger partial charge is 0.315 e. The third kappa shape index (κ3) is 4.32. The summed E-state index contributed by atoms with van der Waals surface area (Å²) in [5.74, 6) is 0. The highest BCUT2D eigenvalue weighted by atomic mass is 16.2. The van der Waals surface area contributed by atoms with E-state index in [1.54, 1.807) is 4.68 Å². The topological polar surface area (TPSA) is 62.2 Å². The fraction of sp³-hybridized carbons (Fsp3) is 0.600. The molecule has 1 atom stereocenters. The van der Waals surface area contributed by atoms with E-state index >= 15 is 0 Å². The van der Waals surface area contributed by atoms with Gasteiger partial charge >= 0.3 is 6.03 Å². The summed E-state index contributed by atoms with van der Waals surface area (Å²) in [5.41, 5.74) is 3.26. The van der Waals surface area contributed by atoms with Crippen LogP contribution in [0.4, 0.5) is 4.79 Å². The number of hydrogen-bond acceptors (Lipinski definition) is 3. The number of carbonyl (C=O) groups is 1. The second kappa shape index (κ2) is 6.76. The van der Waals surface area contributed by atoms with Gasteiger partial charge in [-0.2, -0.15) is 5.10 Å². The number of carbonyl (C=O) groups excluding carboxylic acids is 1. The monoisotopic (exact) mass is 291 g/mol. The fourth-order valence-corrected chi connectivity index (χ4v) is 2.52. The van der Waals surface area contributed by atoms with Crippen LogP contribution < -0.4 is 10.6 Å². The largest absolute Gasteiger partial charge is 0.333 e. The van der Waals surface area contributed by atoms with Crippen LogP contribution in [0.3, 0.4) is 0 Å². The summed E-state index contributed by atoms with van der Waals surface area (Å²) in [7, 11) is 3.99. The highest BCUT2D eigenvalue weighted by Gasteiger charge is 2.15. The van der Waals surface area contributed by atoms with E-state index in [2.05, 4.69) is 33.8 Å². The van der Waals surface area contributed by atoms with Gasteiger partial charge in [0.05, 0.1) is 17.9 Å². The molecule has 1 aliphatic heterocycles. The van der Waals surface area contributed by atoms with Crippen molar-refractivity contribution in [2.45, 2.75) is 32.9 Å². The van der Waals surface area contributed by atoms with E-state index in [0.29, 0.717) is 6.54 Å². The molecule has 1 aliphatic rings. The van der Waals surface area contributed by atoms with Crippen LogP contribution in [0, 0.1) is 6.92 Å². The minimum Gasteiger partial charge on any atom is -0.333 e. The van der Waals surface area contributed by atoms with Gasteiger partial charge in [0.15, 0.2) is 0 Å². The van der Waals surface area contributed by atoms with Crippen LogP contribution in [-0.4, -0.2) is 46.9 Å². The minimum atomic E-state index is -0.138. The second-order valence-corrected chi connectivity index (χ2v) is 5.74. The molecule has 0 saturated carbocycles. The zero-order valence-electron chi connectivity index (χ0n) is 13.3.